The number of β-lactam (4-membered cyclic amide) rings is 1. The molecule has 194 valence electrons. The largest absolute Gasteiger partial charge is 0.373 e. The van der Waals surface area contributed by atoms with Crippen LogP contribution in [-0.4, -0.2) is 57.5 Å². The van der Waals surface area contributed by atoms with Crippen molar-refractivity contribution in [1.29, 1.82) is 0 Å². The molecule has 9 heteroatoms. The smallest absolute Gasteiger partial charge is 0.250 e. The van der Waals surface area contributed by atoms with Gasteiger partial charge in [-0.3, -0.25) is 24.0 Å². The molecule has 3 aromatic rings. The summed E-state index contributed by atoms with van der Waals surface area (Å²) in [4.78, 5) is 47.7. The fourth-order valence-corrected chi connectivity index (χ4v) is 4.99. The number of benzene rings is 1. The maximum Gasteiger partial charge on any atom is 0.250 e. The molecule has 4 rings (SSSR count). The number of nitrogens with one attached hydrogen (secondary N) is 1. The first kappa shape index (κ1) is 26.1. The zero-order valence-electron chi connectivity index (χ0n) is 22.0. The van der Waals surface area contributed by atoms with Crippen LogP contribution in [0.1, 0.15) is 42.5 Å². The van der Waals surface area contributed by atoms with Crippen molar-refractivity contribution in [3.05, 3.63) is 71.7 Å². The van der Waals surface area contributed by atoms with Crippen LogP contribution >= 0.6 is 0 Å². The molecule has 9 nitrogen and oxygen atoms in total. The summed E-state index contributed by atoms with van der Waals surface area (Å²) in [6, 6.07) is 12.7. The molecule has 0 spiro atoms. The van der Waals surface area contributed by atoms with E-state index in [4.69, 9.17) is 0 Å². The number of hydrogen-bond donors (Lipinski definition) is 1. The minimum Gasteiger partial charge on any atom is -0.373 e. The van der Waals surface area contributed by atoms with E-state index in [0.29, 0.717) is 17.9 Å². The summed E-state index contributed by atoms with van der Waals surface area (Å²) in [5, 5.41) is 7.18. The maximum absolute atomic E-state index is 13.7. The topological polar surface area (TPSA) is 100 Å². The van der Waals surface area contributed by atoms with Crippen LogP contribution in [0.2, 0.25) is 0 Å². The number of carbonyl (C=O) groups is 3. The fourth-order valence-electron chi connectivity index (χ4n) is 4.99. The summed E-state index contributed by atoms with van der Waals surface area (Å²) >= 11 is 0. The van der Waals surface area contributed by atoms with E-state index < -0.39 is 12.0 Å². The van der Waals surface area contributed by atoms with Crippen molar-refractivity contribution in [2.24, 2.45) is 13.0 Å². The van der Waals surface area contributed by atoms with E-state index in [1.54, 1.807) is 38.2 Å². The Balaban J connectivity index is 1.61. The van der Waals surface area contributed by atoms with Gasteiger partial charge in [-0.2, -0.15) is 5.10 Å². The van der Waals surface area contributed by atoms with Crippen LogP contribution in [0.25, 0.3) is 0 Å². The normalized spacial score (nSPS) is 17.8. The molecular formula is C28H34N6O3. The predicted molar refractivity (Wildman–Crippen MR) is 142 cm³/mol. The molecule has 0 bridgehead atoms. The molecule has 0 unspecified atom stereocenters. The van der Waals surface area contributed by atoms with Gasteiger partial charge in [0.15, 0.2) is 0 Å². The Morgan fingerprint density at radius 1 is 1.19 bits per heavy atom. The molecule has 1 aliphatic rings. The highest BCUT2D eigenvalue weighted by Crippen LogP contribution is 2.35. The summed E-state index contributed by atoms with van der Waals surface area (Å²) in [7, 11) is 5.20. The van der Waals surface area contributed by atoms with E-state index in [2.05, 4.69) is 15.4 Å². The number of pyridine rings is 1. The summed E-state index contributed by atoms with van der Waals surface area (Å²) in [6.07, 6.45) is 4.57. The van der Waals surface area contributed by atoms with Crippen molar-refractivity contribution < 1.29 is 14.4 Å². The SMILES string of the molecule is CC[C@@H](CC(=O)N1C(=O)[C@H](Cc2cc(C)nc(NC)c2)[C@H]1C(=O)N(C)c1cnn(C)c1)c1ccccc1. The third kappa shape index (κ3) is 5.40. The van der Waals surface area contributed by atoms with Crippen molar-refractivity contribution in [3.8, 4) is 0 Å². The van der Waals surface area contributed by atoms with Gasteiger partial charge in [0, 0.05) is 39.5 Å². The highest BCUT2D eigenvalue weighted by atomic mass is 16.2. The van der Waals surface area contributed by atoms with Crippen LogP contribution in [0.3, 0.4) is 0 Å². The van der Waals surface area contributed by atoms with Gasteiger partial charge in [-0.25, -0.2) is 4.98 Å². The van der Waals surface area contributed by atoms with E-state index in [1.165, 1.54) is 9.80 Å². The molecular weight excluding hydrogens is 468 g/mol. The van der Waals surface area contributed by atoms with E-state index in [0.717, 1.165) is 23.2 Å². The quantitative estimate of drug-likeness (QED) is 0.451. The van der Waals surface area contributed by atoms with Crippen molar-refractivity contribution in [3.63, 3.8) is 0 Å². The van der Waals surface area contributed by atoms with Crippen molar-refractivity contribution >= 4 is 29.2 Å². The Kier molecular flexibility index (Phi) is 7.71. The van der Waals surface area contributed by atoms with Crippen LogP contribution in [-0.2, 0) is 27.9 Å². The second-order valence-corrected chi connectivity index (χ2v) is 9.60. The first-order chi connectivity index (χ1) is 17.7. The Hall–Kier alpha value is -4.01. The zero-order valence-corrected chi connectivity index (χ0v) is 22.0. The van der Waals surface area contributed by atoms with Gasteiger partial charge in [-0.1, -0.05) is 37.3 Å². The molecule has 3 amide bonds. The highest BCUT2D eigenvalue weighted by Gasteiger charge is 2.55. The molecule has 37 heavy (non-hydrogen) atoms. The Morgan fingerprint density at radius 3 is 2.54 bits per heavy atom. The molecule has 3 heterocycles. The average molecular weight is 503 g/mol. The van der Waals surface area contributed by atoms with Gasteiger partial charge >= 0.3 is 0 Å². The summed E-state index contributed by atoms with van der Waals surface area (Å²) in [5.41, 5.74) is 3.35. The average Bonchev–Trinajstić information content (AvgIpc) is 3.34. The van der Waals surface area contributed by atoms with E-state index in [9.17, 15) is 14.4 Å². The van der Waals surface area contributed by atoms with Crippen LogP contribution in [0, 0.1) is 12.8 Å². The third-order valence-electron chi connectivity index (χ3n) is 7.05. The fraction of sp³-hybridized carbons (Fsp3) is 0.393. The van der Waals surface area contributed by atoms with Gasteiger partial charge in [0.05, 0.1) is 17.8 Å². The van der Waals surface area contributed by atoms with Gasteiger partial charge in [-0.15, -0.1) is 0 Å². The first-order valence-electron chi connectivity index (χ1n) is 12.6. The first-order valence-corrected chi connectivity index (χ1v) is 12.6. The highest BCUT2D eigenvalue weighted by molar-refractivity contribution is 6.12. The molecule has 1 aromatic carbocycles. The van der Waals surface area contributed by atoms with Crippen LogP contribution in [0.5, 0.6) is 0 Å². The maximum atomic E-state index is 13.7. The number of likely N-dealkylation sites (N-methyl/N-ethyl adjacent to an activating group) is 1. The predicted octanol–water partition coefficient (Wildman–Crippen LogP) is 3.31. The summed E-state index contributed by atoms with van der Waals surface area (Å²) in [5.74, 6) is -0.924. The molecule has 0 radical (unpaired) electrons. The number of aromatic nitrogens is 3. The van der Waals surface area contributed by atoms with E-state index in [-0.39, 0.29) is 30.1 Å². The lowest BCUT2D eigenvalue weighted by Crippen LogP contribution is -2.69. The molecule has 1 aliphatic heterocycles. The number of hydrogen-bond acceptors (Lipinski definition) is 6. The minimum atomic E-state index is -0.884. The number of anilines is 2. The Labute approximate surface area is 217 Å². The minimum absolute atomic E-state index is 0.0339. The van der Waals surface area contributed by atoms with Crippen molar-refractivity contribution in [1.82, 2.24) is 19.7 Å². The lowest BCUT2D eigenvalue weighted by Gasteiger charge is -2.46. The number of aryl methyl sites for hydroxylation is 2. The van der Waals surface area contributed by atoms with E-state index >= 15 is 0 Å². The molecule has 1 N–H and O–H groups in total. The molecule has 2 aromatic heterocycles. The number of likely N-dealkylation sites (tertiary alicyclic amines) is 1. The molecule has 1 fully saturated rings. The summed E-state index contributed by atoms with van der Waals surface area (Å²) < 4.78 is 1.61. The van der Waals surface area contributed by atoms with E-state index in [1.807, 2.05) is 56.3 Å². The van der Waals surface area contributed by atoms with Crippen molar-refractivity contribution in [2.45, 2.75) is 45.1 Å². The molecule has 3 atom stereocenters. The third-order valence-corrected chi connectivity index (χ3v) is 7.05. The molecule has 1 saturated heterocycles. The van der Waals surface area contributed by atoms with Gasteiger partial charge in [0.1, 0.15) is 11.9 Å². The number of amides is 3. The lowest BCUT2D eigenvalue weighted by atomic mass is 9.80. The lowest BCUT2D eigenvalue weighted by molar-refractivity contribution is -0.170. The Morgan fingerprint density at radius 2 is 1.92 bits per heavy atom. The van der Waals surface area contributed by atoms with Crippen molar-refractivity contribution in [2.75, 3.05) is 24.3 Å². The monoisotopic (exact) mass is 502 g/mol. The van der Waals surface area contributed by atoms with Gasteiger partial charge in [0.2, 0.25) is 11.8 Å². The zero-order chi connectivity index (χ0) is 26.7. The number of imide groups is 1. The van der Waals surface area contributed by atoms with Crippen LogP contribution in [0.15, 0.2) is 54.9 Å². The number of carbonyl (C=O) groups excluding carboxylic acids is 3. The second kappa shape index (κ2) is 10.9. The molecule has 0 aliphatic carbocycles. The summed E-state index contributed by atoms with van der Waals surface area (Å²) in [6.45, 7) is 3.91. The van der Waals surface area contributed by atoms with Gasteiger partial charge in [-0.05, 0) is 48.9 Å². The number of nitrogens with zero attached hydrogens (tertiary/aromatic N) is 5. The Bertz CT molecular complexity index is 1290. The van der Waals surface area contributed by atoms with Crippen LogP contribution in [0.4, 0.5) is 11.5 Å². The van der Waals surface area contributed by atoms with Gasteiger partial charge < -0.3 is 10.2 Å². The second-order valence-electron chi connectivity index (χ2n) is 9.60. The number of rotatable bonds is 9. The van der Waals surface area contributed by atoms with Gasteiger partial charge in [0.25, 0.3) is 5.91 Å². The standard InChI is InChI=1S/C28H34N6O3/c1-6-20(21-10-8-7-9-11-21)15-25(35)34-26(28(37)33(5)22-16-30-32(4)17-22)23(27(34)36)13-19-12-18(2)31-24(14-19)29-3/h7-12,14,16-17,20,23,26H,6,13,15H2,1-5H3,(H,29,31)/t20-,23+,26-/m0/s1. The van der Waals surface area contributed by atoms with Crippen LogP contribution < -0.4 is 10.2 Å². The molecule has 0 saturated carbocycles.